The second-order valence-corrected chi connectivity index (χ2v) is 6.33. The summed E-state index contributed by atoms with van der Waals surface area (Å²) in [5, 5.41) is 3.39. The van der Waals surface area contributed by atoms with Gasteiger partial charge in [0, 0.05) is 32.6 Å². The maximum absolute atomic E-state index is 12.1. The van der Waals surface area contributed by atoms with Gasteiger partial charge in [0.2, 0.25) is 0 Å². The van der Waals surface area contributed by atoms with Gasteiger partial charge in [0.15, 0.2) is 0 Å². The quantitative estimate of drug-likeness (QED) is 0.878. The number of nitrogens with zero attached hydrogens (tertiary/aromatic N) is 1. The van der Waals surface area contributed by atoms with Crippen molar-refractivity contribution in [1.82, 2.24) is 4.90 Å². The third kappa shape index (κ3) is 3.87. The summed E-state index contributed by atoms with van der Waals surface area (Å²) >= 11 is 0. The molecule has 25 heavy (non-hydrogen) atoms. The van der Waals surface area contributed by atoms with E-state index in [0.717, 1.165) is 43.2 Å². The molecule has 0 bridgehead atoms. The molecule has 1 N–H and O–H groups in total. The van der Waals surface area contributed by atoms with Crippen LogP contribution in [0.3, 0.4) is 0 Å². The Labute approximate surface area is 148 Å². The lowest BCUT2D eigenvalue weighted by Crippen LogP contribution is -2.21. The van der Waals surface area contributed by atoms with Crippen molar-refractivity contribution in [2.45, 2.75) is 12.8 Å². The van der Waals surface area contributed by atoms with Gasteiger partial charge >= 0.3 is 0 Å². The zero-order chi connectivity index (χ0) is 17.8. The number of ether oxygens (including phenoxy) is 2. The average molecular weight is 340 g/mol. The van der Waals surface area contributed by atoms with Crippen LogP contribution in [-0.2, 0) is 12.8 Å². The van der Waals surface area contributed by atoms with E-state index in [1.807, 2.05) is 12.1 Å². The summed E-state index contributed by atoms with van der Waals surface area (Å²) < 4.78 is 10.9. The molecular weight excluding hydrogens is 316 g/mol. The van der Waals surface area contributed by atoms with Crippen LogP contribution in [0.2, 0.25) is 0 Å². The molecule has 1 amide bonds. The van der Waals surface area contributed by atoms with E-state index in [1.165, 1.54) is 11.1 Å². The normalized spacial score (nSPS) is 12.3. The van der Waals surface area contributed by atoms with Crippen LogP contribution < -0.4 is 14.8 Å². The van der Waals surface area contributed by atoms with Gasteiger partial charge in [-0.1, -0.05) is 12.1 Å². The van der Waals surface area contributed by atoms with Crippen LogP contribution >= 0.6 is 0 Å². The number of methoxy groups -OCH3 is 1. The molecule has 0 saturated carbocycles. The Kier molecular flexibility index (Phi) is 5.12. The lowest BCUT2D eigenvalue weighted by atomic mass is 10.1. The van der Waals surface area contributed by atoms with Gasteiger partial charge in [0.1, 0.15) is 11.5 Å². The number of fused-ring (bicyclic) bond motifs is 1. The topological polar surface area (TPSA) is 50.8 Å². The lowest BCUT2D eigenvalue weighted by molar-refractivity contribution is 0.0827. The van der Waals surface area contributed by atoms with Gasteiger partial charge in [-0.15, -0.1) is 0 Å². The van der Waals surface area contributed by atoms with E-state index in [-0.39, 0.29) is 5.91 Å². The minimum Gasteiger partial charge on any atom is -0.495 e. The largest absolute Gasteiger partial charge is 0.495 e. The molecule has 5 heteroatoms. The van der Waals surface area contributed by atoms with Crippen LogP contribution in [0.5, 0.6) is 11.5 Å². The van der Waals surface area contributed by atoms with Crippen molar-refractivity contribution < 1.29 is 14.3 Å². The highest BCUT2D eigenvalue weighted by Crippen LogP contribution is 2.27. The molecule has 2 aromatic rings. The summed E-state index contributed by atoms with van der Waals surface area (Å²) in [5.41, 5.74) is 4.03. The first-order chi connectivity index (χ1) is 12.1. The maximum Gasteiger partial charge on any atom is 0.253 e. The number of anilines is 1. The molecule has 0 aromatic heterocycles. The van der Waals surface area contributed by atoms with E-state index >= 15 is 0 Å². The van der Waals surface area contributed by atoms with Crippen LogP contribution in [0.4, 0.5) is 5.69 Å². The van der Waals surface area contributed by atoms with Gasteiger partial charge in [-0.3, -0.25) is 4.79 Å². The molecule has 0 saturated heterocycles. The van der Waals surface area contributed by atoms with E-state index in [9.17, 15) is 4.79 Å². The van der Waals surface area contributed by atoms with E-state index in [1.54, 1.807) is 32.2 Å². The summed E-state index contributed by atoms with van der Waals surface area (Å²) in [6.45, 7) is 1.54. The Morgan fingerprint density at radius 3 is 2.84 bits per heavy atom. The summed E-state index contributed by atoms with van der Waals surface area (Å²) in [4.78, 5) is 13.7. The lowest BCUT2D eigenvalue weighted by Gasteiger charge is -2.15. The standard InChI is InChI=1S/C20H24N2O3/c1-22(2)20(23)16-5-7-19(24-3)17(13-16)21-10-8-14-4-6-18-15(12-14)9-11-25-18/h4-7,12-13,21H,8-11H2,1-3H3. The molecular formula is C20H24N2O3. The zero-order valence-corrected chi connectivity index (χ0v) is 15.0. The molecule has 0 atom stereocenters. The number of hydrogen-bond donors (Lipinski definition) is 1. The Hall–Kier alpha value is -2.69. The molecule has 0 unspecified atom stereocenters. The minimum atomic E-state index is -0.0238. The fourth-order valence-corrected chi connectivity index (χ4v) is 2.97. The second kappa shape index (κ2) is 7.47. The van der Waals surface area contributed by atoms with Crippen LogP contribution in [0.15, 0.2) is 36.4 Å². The fraction of sp³-hybridized carbons (Fsp3) is 0.350. The molecule has 0 fully saturated rings. The van der Waals surface area contributed by atoms with Crippen molar-refractivity contribution in [3.05, 3.63) is 53.1 Å². The SMILES string of the molecule is COc1ccc(C(=O)N(C)C)cc1NCCc1ccc2c(c1)CCO2. The summed E-state index contributed by atoms with van der Waals surface area (Å²) in [5.74, 6) is 1.72. The van der Waals surface area contributed by atoms with E-state index < -0.39 is 0 Å². The van der Waals surface area contributed by atoms with E-state index in [4.69, 9.17) is 9.47 Å². The Bertz CT molecular complexity index is 772. The molecule has 5 nitrogen and oxygen atoms in total. The minimum absolute atomic E-state index is 0.0238. The van der Waals surface area contributed by atoms with Crippen molar-refractivity contribution in [2.75, 3.05) is 39.7 Å². The van der Waals surface area contributed by atoms with Gasteiger partial charge in [-0.25, -0.2) is 0 Å². The molecule has 132 valence electrons. The third-order valence-corrected chi connectivity index (χ3v) is 4.34. The highest BCUT2D eigenvalue weighted by Gasteiger charge is 2.13. The van der Waals surface area contributed by atoms with Crippen LogP contribution in [0, 0.1) is 0 Å². The number of amides is 1. The first-order valence-corrected chi connectivity index (χ1v) is 8.46. The van der Waals surface area contributed by atoms with E-state index in [0.29, 0.717) is 5.56 Å². The number of nitrogens with one attached hydrogen (secondary N) is 1. The highest BCUT2D eigenvalue weighted by molar-refractivity contribution is 5.95. The maximum atomic E-state index is 12.1. The Morgan fingerprint density at radius 1 is 1.24 bits per heavy atom. The smallest absolute Gasteiger partial charge is 0.253 e. The predicted molar refractivity (Wildman–Crippen MR) is 98.8 cm³/mol. The Balaban J connectivity index is 1.67. The second-order valence-electron chi connectivity index (χ2n) is 6.33. The Morgan fingerprint density at radius 2 is 2.08 bits per heavy atom. The average Bonchev–Trinajstić information content (AvgIpc) is 3.08. The van der Waals surface area contributed by atoms with Crippen LogP contribution in [0.25, 0.3) is 0 Å². The fourth-order valence-electron chi connectivity index (χ4n) is 2.97. The predicted octanol–water partition coefficient (Wildman–Crippen LogP) is 2.99. The van der Waals surface area contributed by atoms with Crippen LogP contribution in [0.1, 0.15) is 21.5 Å². The zero-order valence-electron chi connectivity index (χ0n) is 15.0. The van der Waals surface area contributed by atoms with Crippen LogP contribution in [-0.4, -0.2) is 45.2 Å². The van der Waals surface area contributed by atoms with Crippen molar-refractivity contribution in [2.24, 2.45) is 0 Å². The monoisotopic (exact) mass is 340 g/mol. The first-order valence-electron chi connectivity index (χ1n) is 8.46. The summed E-state index contributed by atoms with van der Waals surface area (Å²) in [7, 11) is 5.13. The number of benzene rings is 2. The molecule has 0 aliphatic carbocycles. The molecule has 1 aliphatic rings. The third-order valence-electron chi connectivity index (χ3n) is 4.34. The molecule has 1 heterocycles. The van der Waals surface area contributed by atoms with E-state index in [2.05, 4.69) is 23.5 Å². The van der Waals surface area contributed by atoms with Gasteiger partial charge in [-0.2, -0.15) is 0 Å². The number of carbonyl (C=O) groups excluding carboxylic acids is 1. The van der Waals surface area contributed by atoms with Crippen molar-refractivity contribution in [3.63, 3.8) is 0 Å². The molecule has 3 rings (SSSR count). The van der Waals surface area contributed by atoms with Gasteiger partial charge in [0.25, 0.3) is 5.91 Å². The van der Waals surface area contributed by atoms with Crippen molar-refractivity contribution >= 4 is 11.6 Å². The van der Waals surface area contributed by atoms with Gasteiger partial charge < -0.3 is 19.7 Å². The molecule has 2 aromatic carbocycles. The van der Waals surface area contributed by atoms with Crippen molar-refractivity contribution in [3.8, 4) is 11.5 Å². The molecule has 0 spiro atoms. The molecule has 1 aliphatic heterocycles. The number of hydrogen-bond acceptors (Lipinski definition) is 4. The molecule has 0 radical (unpaired) electrons. The summed E-state index contributed by atoms with van der Waals surface area (Å²) in [6, 6.07) is 11.8. The number of carbonyl (C=O) groups is 1. The van der Waals surface area contributed by atoms with Gasteiger partial charge in [0.05, 0.1) is 19.4 Å². The highest BCUT2D eigenvalue weighted by atomic mass is 16.5. The first kappa shape index (κ1) is 17.1. The summed E-state index contributed by atoms with van der Waals surface area (Å²) in [6.07, 6.45) is 1.88. The van der Waals surface area contributed by atoms with Crippen molar-refractivity contribution in [1.29, 1.82) is 0 Å². The van der Waals surface area contributed by atoms with Gasteiger partial charge in [-0.05, 0) is 41.8 Å². The number of rotatable bonds is 6.